The average molecular weight is 300 g/mol. The van der Waals surface area contributed by atoms with Gasteiger partial charge in [0.15, 0.2) is 0 Å². The molecule has 2 nitrogen and oxygen atoms in total. The van der Waals surface area contributed by atoms with Crippen molar-refractivity contribution in [2.45, 2.75) is 31.1 Å². The molecule has 2 rings (SSSR count). The van der Waals surface area contributed by atoms with Crippen LogP contribution in [-0.4, -0.2) is 16.8 Å². The number of aromatic carboxylic acids is 1. The van der Waals surface area contributed by atoms with Crippen molar-refractivity contribution in [2.24, 2.45) is 0 Å². The molecule has 2 aromatic carbocycles. The molecule has 0 atom stereocenters. The van der Waals surface area contributed by atoms with E-state index < -0.39 is 5.97 Å². The van der Waals surface area contributed by atoms with E-state index in [1.165, 1.54) is 29.9 Å². The highest BCUT2D eigenvalue weighted by atomic mass is 32.2. The van der Waals surface area contributed by atoms with Gasteiger partial charge in [-0.05, 0) is 47.6 Å². The number of thioether (sulfide) groups is 1. The predicted molar refractivity (Wildman–Crippen MR) is 89.1 cm³/mol. The van der Waals surface area contributed by atoms with Crippen molar-refractivity contribution in [3.8, 4) is 11.1 Å². The summed E-state index contributed by atoms with van der Waals surface area (Å²) in [5.74, 6) is 0.279. The van der Waals surface area contributed by atoms with E-state index in [1.807, 2.05) is 23.9 Å². The van der Waals surface area contributed by atoms with E-state index in [0.717, 1.165) is 11.1 Å². The Bertz CT molecular complexity index is 573. The Kier molecular flexibility index (Phi) is 5.88. The summed E-state index contributed by atoms with van der Waals surface area (Å²) < 4.78 is 0. The minimum absolute atomic E-state index is 0.321. The van der Waals surface area contributed by atoms with Crippen LogP contribution in [0.1, 0.15) is 36.5 Å². The average Bonchev–Trinajstić information content (AvgIpc) is 2.52. The zero-order valence-corrected chi connectivity index (χ0v) is 13.0. The number of hydrogen-bond acceptors (Lipinski definition) is 2. The standard InChI is InChI=1S/C18H20O2S/c1-2-3-4-13-21-17-11-9-15(10-12-17)14-5-7-16(8-6-14)18(19)20/h5-12H,2-4,13H2,1H3,(H,19,20). The summed E-state index contributed by atoms with van der Waals surface area (Å²) in [6.45, 7) is 2.22. The minimum Gasteiger partial charge on any atom is -0.478 e. The zero-order valence-electron chi connectivity index (χ0n) is 12.2. The Morgan fingerprint density at radius 3 is 2.05 bits per heavy atom. The summed E-state index contributed by atoms with van der Waals surface area (Å²) >= 11 is 1.89. The summed E-state index contributed by atoms with van der Waals surface area (Å²) in [5, 5.41) is 8.90. The highest BCUT2D eigenvalue weighted by Gasteiger charge is 2.03. The third kappa shape index (κ3) is 4.64. The second kappa shape index (κ2) is 7.89. The molecule has 0 saturated carbocycles. The lowest BCUT2D eigenvalue weighted by molar-refractivity contribution is 0.0697. The zero-order chi connectivity index (χ0) is 15.1. The molecule has 0 radical (unpaired) electrons. The smallest absolute Gasteiger partial charge is 0.335 e. The van der Waals surface area contributed by atoms with Crippen molar-refractivity contribution < 1.29 is 9.90 Å². The third-order valence-corrected chi connectivity index (χ3v) is 4.43. The van der Waals surface area contributed by atoms with Gasteiger partial charge in [0, 0.05) is 4.90 Å². The predicted octanol–water partition coefficient (Wildman–Crippen LogP) is 5.33. The van der Waals surface area contributed by atoms with Crippen LogP contribution < -0.4 is 0 Å². The lowest BCUT2D eigenvalue weighted by Crippen LogP contribution is -1.94. The number of carbonyl (C=O) groups is 1. The van der Waals surface area contributed by atoms with E-state index >= 15 is 0 Å². The number of hydrogen-bond donors (Lipinski definition) is 1. The van der Waals surface area contributed by atoms with Gasteiger partial charge in [-0.25, -0.2) is 4.79 Å². The van der Waals surface area contributed by atoms with Crippen molar-refractivity contribution in [1.82, 2.24) is 0 Å². The third-order valence-electron chi connectivity index (χ3n) is 3.34. The second-order valence-corrected chi connectivity index (χ2v) is 6.13. The molecule has 0 unspecified atom stereocenters. The molecule has 0 aliphatic carbocycles. The van der Waals surface area contributed by atoms with Gasteiger partial charge in [-0.1, -0.05) is 44.0 Å². The first-order valence-corrected chi connectivity index (χ1v) is 8.26. The van der Waals surface area contributed by atoms with Gasteiger partial charge in [-0.15, -0.1) is 11.8 Å². The van der Waals surface area contributed by atoms with E-state index in [9.17, 15) is 4.79 Å². The number of carboxylic acids is 1. The molecule has 2 aromatic rings. The molecule has 1 N–H and O–H groups in total. The fourth-order valence-electron chi connectivity index (χ4n) is 2.09. The van der Waals surface area contributed by atoms with E-state index in [0.29, 0.717) is 5.56 Å². The first-order chi connectivity index (χ1) is 10.2. The lowest BCUT2D eigenvalue weighted by Gasteiger charge is -2.05. The van der Waals surface area contributed by atoms with Crippen molar-refractivity contribution in [3.05, 3.63) is 54.1 Å². The fourth-order valence-corrected chi connectivity index (χ4v) is 3.00. The van der Waals surface area contributed by atoms with Crippen molar-refractivity contribution >= 4 is 17.7 Å². The van der Waals surface area contributed by atoms with Crippen LogP contribution >= 0.6 is 11.8 Å². The topological polar surface area (TPSA) is 37.3 Å². The summed E-state index contributed by atoms with van der Waals surface area (Å²) in [6.07, 6.45) is 3.81. The summed E-state index contributed by atoms with van der Waals surface area (Å²) in [7, 11) is 0. The molecule has 0 spiro atoms. The molecular weight excluding hydrogens is 280 g/mol. The van der Waals surface area contributed by atoms with E-state index in [-0.39, 0.29) is 0 Å². The molecule has 21 heavy (non-hydrogen) atoms. The maximum atomic E-state index is 10.8. The van der Waals surface area contributed by atoms with Crippen molar-refractivity contribution in [2.75, 3.05) is 5.75 Å². The van der Waals surface area contributed by atoms with Crippen LogP contribution in [0.5, 0.6) is 0 Å². The SMILES string of the molecule is CCCCCSc1ccc(-c2ccc(C(=O)O)cc2)cc1. The van der Waals surface area contributed by atoms with Crippen LogP contribution in [0.3, 0.4) is 0 Å². The van der Waals surface area contributed by atoms with Gasteiger partial charge in [-0.2, -0.15) is 0 Å². The highest BCUT2D eigenvalue weighted by Crippen LogP contribution is 2.25. The van der Waals surface area contributed by atoms with Crippen LogP contribution in [0.15, 0.2) is 53.4 Å². The number of carboxylic acid groups (broad SMARTS) is 1. The van der Waals surface area contributed by atoms with Crippen molar-refractivity contribution in [3.63, 3.8) is 0 Å². The molecule has 0 aliphatic rings. The maximum absolute atomic E-state index is 10.8. The van der Waals surface area contributed by atoms with Gasteiger partial charge in [0.05, 0.1) is 5.56 Å². The molecule has 0 amide bonds. The van der Waals surface area contributed by atoms with E-state index in [2.05, 4.69) is 31.2 Å². The quantitative estimate of drug-likeness (QED) is 0.554. The molecule has 3 heteroatoms. The summed E-state index contributed by atoms with van der Waals surface area (Å²) in [6, 6.07) is 15.5. The Labute approximate surface area is 130 Å². The fraction of sp³-hybridized carbons (Fsp3) is 0.278. The maximum Gasteiger partial charge on any atom is 0.335 e. The van der Waals surface area contributed by atoms with E-state index in [1.54, 1.807) is 12.1 Å². The van der Waals surface area contributed by atoms with Crippen LogP contribution in [-0.2, 0) is 0 Å². The molecule has 0 heterocycles. The van der Waals surface area contributed by atoms with E-state index in [4.69, 9.17) is 5.11 Å². The highest BCUT2D eigenvalue weighted by molar-refractivity contribution is 7.99. The lowest BCUT2D eigenvalue weighted by atomic mass is 10.0. The molecule has 0 fully saturated rings. The monoisotopic (exact) mass is 300 g/mol. The van der Waals surface area contributed by atoms with Crippen LogP contribution in [0.25, 0.3) is 11.1 Å². The molecule has 0 aliphatic heterocycles. The summed E-state index contributed by atoms with van der Waals surface area (Å²) in [4.78, 5) is 12.1. The largest absolute Gasteiger partial charge is 0.478 e. The van der Waals surface area contributed by atoms with Gasteiger partial charge in [-0.3, -0.25) is 0 Å². The van der Waals surface area contributed by atoms with Crippen LogP contribution in [0.2, 0.25) is 0 Å². The Hall–Kier alpha value is -1.74. The van der Waals surface area contributed by atoms with Gasteiger partial charge in [0.1, 0.15) is 0 Å². The first-order valence-electron chi connectivity index (χ1n) is 7.27. The van der Waals surface area contributed by atoms with Gasteiger partial charge >= 0.3 is 5.97 Å². The molecule has 0 bridgehead atoms. The van der Waals surface area contributed by atoms with Gasteiger partial charge in [0.2, 0.25) is 0 Å². The Morgan fingerprint density at radius 1 is 0.952 bits per heavy atom. The van der Waals surface area contributed by atoms with Crippen LogP contribution in [0.4, 0.5) is 0 Å². The number of benzene rings is 2. The molecule has 0 saturated heterocycles. The van der Waals surface area contributed by atoms with Gasteiger partial charge < -0.3 is 5.11 Å². The molecular formula is C18H20O2S. The molecule has 0 aromatic heterocycles. The van der Waals surface area contributed by atoms with Crippen molar-refractivity contribution in [1.29, 1.82) is 0 Å². The summed E-state index contributed by atoms with van der Waals surface area (Å²) in [5.41, 5.74) is 2.48. The Balaban J connectivity index is 1.99. The van der Waals surface area contributed by atoms with Crippen LogP contribution in [0, 0.1) is 0 Å². The normalized spacial score (nSPS) is 10.5. The Morgan fingerprint density at radius 2 is 1.52 bits per heavy atom. The first kappa shape index (κ1) is 15.6. The second-order valence-electron chi connectivity index (χ2n) is 4.96. The van der Waals surface area contributed by atoms with Gasteiger partial charge in [0.25, 0.3) is 0 Å². The number of unbranched alkanes of at least 4 members (excludes halogenated alkanes) is 2. The molecule has 110 valence electrons. The minimum atomic E-state index is -0.889. The number of rotatable bonds is 7.